The topological polar surface area (TPSA) is 100 Å². The minimum Gasteiger partial charge on any atom is -0.353 e. The van der Waals surface area contributed by atoms with E-state index in [1.54, 1.807) is 0 Å². The Morgan fingerprint density at radius 1 is 1.56 bits per heavy atom. The van der Waals surface area contributed by atoms with Crippen LogP contribution >= 0.6 is 11.6 Å². The molecule has 2 heterocycles. The van der Waals surface area contributed by atoms with Gasteiger partial charge in [-0.25, -0.2) is 10.8 Å². The summed E-state index contributed by atoms with van der Waals surface area (Å²) in [6.45, 7) is 0.964. The van der Waals surface area contributed by atoms with Gasteiger partial charge in [0, 0.05) is 18.7 Å². The van der Waals surface area contributed by atoms with Gasteiger partial charge in [0.15, 0.2) is 0 Å². The van der Waals surface area contributed by atoms with E-state index in [-0.39, 0.29) is 23.5 Å². The average molecular weight is 270 g/mol. The predicted molar refractivity (Wildman–Crippen MR) is 66.0 cm³/mol. The van der Waals surface area contributed by atoms with Gasteiger partial charge in [-0.05, 0) is 12.1 Å². The van der Waals surface area contributed by atoms with Gasteiger partial charge in [0.1, 0.15) is 11.0 Å². The fourth-order valence-electron chi connectivity index (χ4n) is 1.69. The first-order valence-electron chi connectivity index (χ1n) is 5.30. The van der Waals surface area contributed by atoms with Crippen LogP contribution in [0.25, 0.3) is 0 Å². The third-order valence-corrected chi connectivity index (χ3v) is 2.71. The molecule has 4 N–H and O–H groups in total. The summed E-state index contributed by atoms with van der Waals surface area (Å²) in [6.07, 6.45) is 0. The number of hydrogen-bond acceptors (Lipinski definition) is 5. The maximum Gasteiger partial charge on any atom is 0.254 e. The van der Waals surface area contributed by atoms with Crippen molar-refractivity contribution in [3.05, 3.63) is 22.8 Å². The Bertz CT molecular complexity index is 493. The van der Waals surface area contributed by atoms with Crippen LogP contribution in [0.1, 0.15) is 10.4 Å². The van der Waals surface area contributed by atoms with Crippen LogP contribution in [0.3, 0.4) is 0 Å². The number of aromatic nitrogens is 1. The standard InChI is InChI=1S/C10H12ClN5O2/c11-7-3-6(4-8(14-7)15-12)10(18)16-2-1-13-9(17)5-16/h3-4H,1-2,5,12H2,(H,13,17)(H,14,15). The van der Waals surface area contributed by atoms with E-state index in [0.29, 0.717) is 24.5 Å². The molecule has 1 aromatic rings. The number of hydrogen-bond donors (Lipinski definition) is 3. The number of piperazine rings is 1. The Morgan fingerprint density at radius 3 is 3.00 bits per heavy atom. The Morgan fingerprint density at radius 2 is 2.33 bits per heavy atom. The van der Waals surface area contributed by atoms with Crippen molar-refractivity contribution in [1.82, 2.24) is 15.2 Å². The molecule has 0 atom stereocenters. The number of carbonyl (C=O) groups excluding carboxylic acids is 2. The van der Waals surface area contributed by atoms with Crippen LogP contribution in [0, 0.1) is 0 Å². The van der Waals surface area contributed by atoms with Crippen LogP contribution in [0.4, 0.5) is 5.82 Å². The fourth-order valence-corrected chi connectivity index (χ4v) is 1.90. The number of amides is 2. The molecule has 2 amide bonds. The van der Waals surface area contributed by atoms with E-state index in [2.05, 4.69) is 15.7 Å². The van der Waals surface area contributed by atoms with Gasteiger partial charge in [0.2, 0.25) is 5.91 Å². The minimum atomic E-state index is -0.273. The summed E-state index contributed by atoms with van der Waals surface area (Å²) in [6, 6.07) is 2.93. The zero-order valence-electron chi connectivity index (χ0n) is 9.44. The fraction of sp³-hybridized carbons (Fsp3) is 0.300. The predicted octanol–water partition coefficient (Wildman–Crippen LogP) is -0.407. The van der Waals surface area contributed by atoms with Crippen LogP contribution in [0.5, 0.6) is 0 Å². The number of pyridine rings is 1. The van der Waals surface area contributed by atoms with Crippen LogP contribution in [-0.4, -0.2) is 41.3 Å². The molecule has 1 fully saturated rings. The summed E-state index contributed by atoms with van der Waals surface area (Å²) < 4.78 is 0. The van der Waals surface area contributed by atoms with E-state index < -0.39 is 0 Å². The van der Waals surface area contributed by atoms with E-state index in [0.717, 1.165) is 0 Å². The van der Waals surface area contributed by atoms with E-state index in [4.69, 9.17) is 17.4 Å². The molecule has 1 saturated heterocycles. The van der Waals surface area contributed by atoms with E-state index >= 15 is 0 Å². The highest BCUT2D eigenvalue weighted by atomic mass is 35.5. The van der Waals surface area contributed by atoms with Crippen molar-refractivity contribution in [1.29, 1.82) is 0 Å². The molecule has 8 heteroatoms. The summed E-state index contributed by atoms with van der Waals surface area (Å²) >= 11 is 5.78. The molecule has 1 aliphatic heterocycles. The molecule has 0 aromatic carbocycles. The molecule has 18 heavy (non-hydrogen) atoms. The van der Waals surface area contributed by atoms with Crippen molar-refractivity contribution >= 4 is 29.2 Å². The Balaban J connectivity index is 2.22. The number of nitrogen functional groups attached to an aromatic ring is 1. The Labute approximate surface area is 108 Å². The van der Waals surface area contributed by atoms with E-state index in [1.807, 2.05) is 0 Å². The van der Waals surface area contributed by atoms with Crippen molar-refractivity contribution < 1.29 is 9.59 Å². The number of hydrazine groups is 1. The highest BCUT2D eigenvalue weighted by Crippen LogP contribution is 2.16. The summed E-state index contributed by atoms with van der Waals surface area (Å²) in [5.74, 6) is 5.08. The number of anilines is 1. The first-order valence-corrected chi connectivity index (χ1v) is 5.68. The number of carbonyl (C=O) groups is 2. The van der Waals surface area contributed by atoms with Crippen molar-refractivity contribution in [2.24, 2.45) is 5.84 Å². The molecule has 1 aliphatic rings. The third-order valence-electron chi connectivity index (χ3n) is 2.51. The molecule has 0 bridgehead atoms. The van der Waals surface area contributed by atoms with Gasteiger partial charge < -0.3 is 15.6 Å². The second-order valence-corrected chi connectivity index (χ2v) is 4.17. The highest BCUT2D eigenvalue weighted by molar-refractivity contribution is 6.29. The highest BCUT2D eigenvalue weighted by Gasteiger charge is 2.22. The van der Waals surface area contributed by atoms with Gasteiger partial charge >= 0.3 is 0 Å². The Kier molecular flexibility index (Phi) is 3.63. The SMILES string of the molecule is NNc1cc(C(=O)N2CCNC(=O)C2)cc(Cl)n1. The van der Waals surface area contributed by atoms with Gasteiger partial charge in [-0.2, -0.15) is 0 Å². The maximum atomic E-state index is 12.2. The zero-order valence-corrected chi connectivity index (χ0v) is 10.2. The molecule has 0 saturated carbocycles. The normalized spacial score (nSPS) is 15.2. The molecule has 2 rings (SSSR count). The van der Waals surface area contributed by atoms with Gasteiger partial charge in [0.05, 0.1) is 6.54 Å². The summed E-state index contributed by atoms with van der Waals surface area (Å²) in [5.41, 5.74) is 2.67. The van der Waals surface area contributed by atoms with Crippen molar-refractivity contribution in [3.8, 4) is 0 Å². The number of nitrogens with one attached hydrogen (secondary N) is 2. The third kappa shape index (κ3) is 2.69. The summed E-state index contributed by atoms with van der Waals surface area (Å²) in [5, 5.41) is 2.81. The quantitative estimate of drug-likeness (QED) is 0.385. The lowest BCUT2D eigenvalue weighted by Crippen LogP contribution is -2.50. The number of rotatable bonds is 2. The lowest BCUT2D eigenvalue weighted by molar-refractivity contribution is -0.123. The van der Waals surface area contributed by atoms with Gasteiger partial charge in [-0.3, -0.25) is 9.59 Å². The molecule has 0 unspecified atom stereocenters. The smallest absolute Gasteiger partial charge is 0.254 e. The molecule has 0 radical (unpaired) electrons. The summed E-state index contributed by atoms with van der Waals surface area (Å²) in [4.78, 5) is 28.7. The molecule has 0 spiro atoms. The average Bonchev–Trinajstić information content (AvgIpc) is 2.37. The van der Waals surface area contributed by atoms with Crippen molar-refractivity contribution in [2.45, 2.75) is 0 Å². The lowest BCUT2D eigenvalue weighted by atomic mass is 10.2. The monoisotopic (exact) mass is 269 g/mol. The van der Waals surface area contributed by atoms with Crippen molar-refractivity contribution in [2.75, 3.05) is 25.1 Å². The van der Waals surface area contributed by atoms with Crippen LogP contribution in [0.2, 0.25) is 5.15 Å². The van der Waals surface area contributed by atoms with Gasteiger partial charge in [0.25, 0.3) is 5.91 Å². The zero-order chi connectivity index (χ0) is 13.1. The molecule has 96 valence electrons. The van der Waals surface area contributed by atoms with E-state index in [9.17, 15) is 9.59 Å². The second kappa shape index (κ2) is 5.19. The summed E-state index contributed by atoms with van der Waals surface area (Å²) in [7, 11) is 0. The number of halogens is 1. The second-order valence-electron chi connectivity index (χ2n) is 3.78. The number of nitrogens with zero attached hydrogens (tertiary/aromatic N) is 2. The molecule has 7 nitrogen and oxygen atoms in total. The molecular weight excluding hydrogens is 258 g/mol. The molecule has 0 aliphatic carbocycles. The first kappa shape index (κ1) is 12.6. The van der Waals surface area contributed by atoms with Gasteiger partial charge in [-0.15, -0.1) is 0 Å². The molecular formula is C10H12ClN5O2. The first-order chi connectivity index (χ1) is 8.60. The van der Waals surface area contributed by atoms with Crippen molar-refractivity contribution in [3.63, 3.8) is 0 Å². The maximum absolute atomic E-state index is 12.2. The van der Waals surface area contributed by atoms with Crippen LogP contribution in [0.15, 0.2) is 12.1 Å². The number of nitrogens with two attached hydrogens (primary N) is 1. The minimum absolute atomic E-state index is 0.0458. The Hall–Kier alpha value is -1.86. The van der Waals surface area contributed by atoms with Gasteiger partial charge in [-0.1, -0.05) is 11.6 Å². The lowest BCUT2D eigenvalue weighted by Gasteiger charge is -2.26. The van der Waals surface area contributed by atoms with Crippen LogP contribution in [-0.2, 0) is 4.79 Å². The molecule has 1 aromatic heterocycles. The largest absolute Gasteiger partial charge is 0.353 e. The van der Waals surface area contributed by atoms with E-state index in [1.165, 1.54) is 17.0 Å². The van der Waals surface area contributed by atoms with Crippen LogP contribution < -0.4 is 16.6 Å².